The van der Waals surface area contributed by atoms with Crippen molar-refractivity contribution in [2.45, 2.75) is 32.5 Å². The number of nitrogens with zero attached hydrogens (tertiary/aromatic N) is 1. The van der Waals surface area contributed by atoms with Gasteiger partial charge in [0.2, 0.25) is 0 Å². The molecule has 140 valence electrons. The maximum Gasteiger partial charge on any atom is 0.127 e. The van der Waals surface area contributed by atoms with Crippen molar-refractivity contribution in [2.75, 3.05) is 27.9 Å². The molecule has 0 aromatic heterocycles. The van der Waals surface area contributed by atoms with Gasteiger partial charge in [-0.1, -0.05) is 13.0 Å². The van der Waals surface area contributed by atoms with Crippen LogP contribution in [0.15, 0.2) is 36.4 Å². The summed E-state index contributed by atoms with van der Waals surface area (Å²) in [6, 6.07) is 12.0. The molecule has 0 amide bonds. The standard InChI is InChI=1S/C21H27NO4/c1-5-17-14-22(12-15-6-7-19(24-3)11-21(15)25-4)13-16-10-18(23-2)8-9-20(16)26-17/h6-11,17H,5,12-14H2,1-4H3. The van der Waals surface area contributed by atoms with Crippen molar-refractivity contribution in [3.05, 3.63) is 47.5 Å². The van der Waals surface area contributed by atoms with Crippen molar-refractivity contribution < 1.29 is 18.9 Å². The minimum atomic E-state index is 0.161. The first kappa shape index (κ1) is 18.4. The minimum absolute atomic E-state index is 0.161. The Morgan fingerprint density at radius 2 is 1.73 bits per heavy atom. The van der Waals surface area contributed by atoms with Gasteiger partial charge < -0.3 is 18.9 Å². The van der Waals surface area contributed by atoms with Crippen LogP contribution < -0.4 is 18.9 Å². The van der Waals surface area contributed by atoms with E-state index in [-0.39, 0.29) is 6.10 Å². The molecule has 0 N–H and O–H groups in total. The maximum absolute atomic E-state index is 6.22. The molecule has 0 bridgehead atoms. The van der Waals surface area contributed by atoms with Crippen LogP contribution in [-0.2, 0) is 13.1 Å². The van der Waals surface area contributed by atoms with Crippen LogP contribution in [0.1, 0.15) is 24.5 Å². The quantitative estimate of drug-likeness (QED) is 0.784. The predicted molar refractivity (Wildman–Crippen MR) is 101 cm³/mol. The SMILES string of the molecule is CCC1CN(Cc2ccc(OC)cc2OC)Cc2cc(OC)ccc2O1. The first-order chi connectivity index (χ1) is 12.7. The van der Waals surface area contributed by atoms with Crippen molar-refractivity contribution in [2.24, 2.45) is 0 Å². The van der Waals surface area contributed by atoms with Gasteiger partial charge in [0, 0.05) is 36.8 Å². The average molecular weight is 357 g/mol. The van der Waals surface area contributed by atoms with Crippen LogP contribution in [0.3, 0.4) is 0 Å². The normalized spacial score (nSPS) is 17.0. The second-order valence-corrected chi connectivity index (χ2v) is 6.47. The lowest BCUT2D eigenvalue weighted by Gasteiger charge is -2.24. The van der Waals surface area contributed by atoms with E-state index < -0.39 is 0 Å². The fourth-order valence-corrected chi connectivity index (χ4v) is 3.29. The molecular weight excluding hydrogens is 330 g/mol. The highest BCUT2D eigenvalue weighted by molar-refractivity contribution is 5.42. The molecule has 0 saturated heterocycles. The largest absolute Gasteiger partial charge is 0.497 e. The van der Waals surface area contributed by atoms with Gasteiger partial charge in [-0.2, -0.15) is 0 Å². The van der Waals surface area contributed by atoms with Gasteiger partial charge in [0.15, 0.2) is 0 Å². The van der Waals surface area contributed by atoms with Crippen LogP contribution >= 0.6 is 0 Å². The molecule has 5 heteroatoms. The number of hydrogen-bond donors (Lipinski definition) is 0. The summed E-state index contributed by atoms with van der Waals surface area (Å²) < 4.78 is 22.5. The van der Waals surface area contributed by atoms with Crippen LogP contribution in [0.5, 0.6) is 23.0 Å². The van der Waals surface area contributed by atoms with Crippen LogP contribution in [0, 0.1) is 0 Å². The first-order valence-corrected chi connectivity index (χ1v) is 8.93. The lowest BCUT2D eigenvalue weighted by molar-refractivity contribution is 0.138. The highest BCUT2D eigenvalue weighted by Gasteiger charge is 2.23. The Hall–Kier alpha value is -2.40. The van der Waals surface area contributed by atoms with E-state index in [9.17, 15) is 0 Å². The molecule has 26 heavy (non-hydrogen) atoms. The van der Waals surface area contributed by atoms with Crippen molar-refractivity contribution in [1.82, 2.24) is 4.90 Å². The summed E-state index contributed by atoms with van der Waals surface area (Å²) in [6.07, 6.45) is 1.12. The van der Waals surface area contributed by atoms with E-state index in [0.717, 1.165) is 60.2 Å². The zero-order chi connectivity index (χ0) is 18.5. The molecular formula is C21H27NO4. The molecule has 1 unspecified atom stereocenters. The molecule has 1 aliphatic rings. The zero-order valence-corrected chi connectivity index (χ0v) is 16.0. The number of ether oxygens (including phenoxy) is 4. The fourth-order valence-electron chi connectivity index (χ4n) is 3.29. The molecule has 0 saturated carbocycles. The third kappa shape index (κ3) is 4.05. The summed E-state index contributed by atoms with van der Waals surface area (Å²) in [6.45, 7) is 4.61. The van der Waals surface area contributed by atoms with Crippen molar-refractivity contribution in [3.63, 3.8) is 0 Å². The Morgan fingerprint density at radius 3 is 2.42 bits per heavy atom. The second-order valence-electron chi connectivity index (χ2n) is 6.47. The van der Waals surface area contributed by atoms with E-state index in [1.165, 1.54) is 0 Å². The van der Waals surface area contributed by atoms with Crippen LogP contribution in [0.4, 0.5) is 0 Å². The molecule has 0 fully saturated rings. The van der Waals surface area contributed by atoms with Crippen LogP contribution in [0.25, 0.3) is 0 Å². The number of methoxy groups -OCH3 is 3. The van der Waals surface area contributed by atoms with Crippen molar-refractivity contribution in [1.29, 1.82) is 0 Å². The second kappa shape index (κ2) is 8.32. The van der Waals surface area contributed by atoms with Gasteiger partial charge in [-0.15, -0.1) is 0 Å². The number of rotatable bonds is 6. The first-order valence-electron chi connectivity index (χ1n) is 8.93. The Bertz CT molecular complexity index is 747. The molecule has 2 aromatic carbocycles. The summed E-state index contributed by atoms with van der Waals surface area (Å²) in [5, 5.41) is 0. The molecule has 1 aliphatic heterocycles. The minimum Gasteiger partial charge on any atom is -0.497 e. The third-order valence-electron chi connectivity index (χ3n) is 4.76. The molecule has 5 nitrogen and oxygen atoms in total. The Morgan fingerprint density at radius 1 is 1.00 bits per heavy atom. The van der Waals surface area contributed by atoms with Gasteiger partial charge >= 0.3 is 0 Å². The van der Waals surface area contributed by atoms with E-state index in [0.29, 0.717) is 0 Å². The molecule has 3 rings (SSSR count). The van der Waals surface area contributed by atoms with Crippen LogP contribution in [0.2, 0.25) is 0 Å². The number of benzene rings is 2. The zero-order valence-electron chi connectivity index (χ0n) is 16.0. The predicted octanol–water partition coefficient (Wildman–Crippen LogP) is 3.89. The lowest BCUT2D eigenvalue weighted by atomic mass is 10.1. The summed E-state index contributed by atoms with van der Waals surface area (Å²) in [5.41, 5.74) is 2.28. The van der Waals surface area contributed by atoms with E-state index in [1.807, 2.05) is 24.3 Å². The van der Waals surface area contributed by atoms with E-state index in [4.69, 9.17) is 18.9 Å². The monoisotopic (exact) mass is 357 g/mol. The van der Waals surface area contributed by atoms with Crippen molar-refractivity contribution >= 4 is 0 Å². The smallest absolute Gasteiger partial charge is 0.127 e. The highest BCUT2D eigenvalue weighted by Crippen LogP contribution is 2.32. The number of hydrogen-bond acceptors (Lipinski definition) is 5. The van der Waals surface area contributed by atoms with Gasteiger partial charge in [-0.05, 0) is 30.7 Å². The Balaban J connectivity index is 1.87. The molecule has 2 aromatic rings. The third-order valence-corrected chi connectivity index (χ3v) is 4.76. The van der Waals surface area contributed by atoms with Gasteiger partial charge in [-0.3, -0.25) is 4.90 Å². The van der Waals surface area contributed by atoms with E-state index in [1.54, 1.807) is 21.3 Å². The van der Waals surface area contributed by atoms with Gasteiger partial charge in [-0.25, -0.2) is 0 Å². The lowest BCUT2D eigenvalue weighted by Crippen LogP contribution is -2.32. The molecule has 1 atom stereocenters. The average Bonchev–Trinajstić information content (AvgIpc) is 2.86. The summed E-state index contributed by atoms with van der Waals surface area (Å²) >= 11 is 0. The fraction of sp³-hybridized carbons (Fsp3) is 0.429. The highest BCUT2D eigenvalue weighted by atomic mass is 16.5. The molecule has 0 aliphatic carbocycles. The van der Waals surface area contributed by atoms with Crippen molar-refractivity contribution in [3.8, 4) is 23.0 Å². The maximum atomic E-state index is 6.22. The molecule has 1 heterocycles. The number of fused-ring (bicyclic) bond motifs is 1. The topological polar surface area (TPSA) is 40.2 Å². The summed E-state index contributed by atoms with van der Waals surface area (Å²) in [4.78, 5) is 2.39. The summed E-state index contributed by atoms with van der Waals surface area (Å²) in [7, 11) is 5.05. The van der Waals surface area contributed by atoms with Crippen LogP contribution in [-0.4, -0.2) is 38.9 Å². The van der Waals surface area contributed by atoms with Gasteiger partial charge in [0.25, 0.3) is 0 Å². The summed E-state index contributed by atoms with van der Waals surface area (Å²) in [5.74, 6) is 3.44. The van der Waals surface area contributed by atoms with E-state index >= 15 is 0 Å². The Labute approximate surface area is 155 Å². The van der Waals surface area contributed by atoms with E-state index in [2.05, 4.69) is 24.0 Å². The van der Waals surface area contributed by atoms with Gasteiger partial charge in [0.1, 0.15) is 29.1 Å². The Kier molecular flexibility index (Phi) is 5.89. The van der Waals surface area contributed by atoms with Gasteiger partial charge in [0.05, 0.1) is 21.3 Å². The molecule has 0 spiro atoms. The molecule has 0 radical (unpaired) electrons.